The highest BCUT2D eigenvalue weighted by Crippen LogP contribution is 2.21. The summed E-state index contributed by atoms with van der Waals surface area (Å²) in [6, 6.07) is 14.9. The number of benzene rings is 2. The van der Waals surface area contributed by atoms with E-state index in [9.17, 15) is 4.79 Å². The number of hydrogen-bond acceptors (Lipinski definition) is 6. The van der Waals surface area contributed by atoms with Crippen molar-refractivity contribution in [3.05, 3.63) is 64.4 Å². The zero-order chi connectivity index (χ0) is 20.9. The molecule has 8 nitrogen and oxygen atoms in total. The molecule has 0 fully saturated rings. The lowest BCUT2D eigenvalue weighted by Gasteiger charge is -2.26. The van der Waals surface area contributed by atoms with Gasteiger partial charge >= 0.3 is 0 Å². The Bertz CT molecular complexity index is 1240. The Morgan fingerprint density at radius 2 is 2.10 bits per heavy atom. The third-order valence-electron chi connectivity index (χ3n) is 4.79. The molecular weight excluding hydrogens is 402 g/mol. The van der Waals surface area contributed by atoms with Gasteiger partial charge in [-0.2, -0.15) is 0 Å². The molecular formula is C21H21N5O3S. The van der Waals surface area contributed by atoms with Crippen LogP contribution in [0.4, 0.5) is 5.69 Å². The number of aromatic amines is 1. The highest BCUT2D eigenvalue weighted by atomic mass is 32.1. The first-order chi connectivity index (χ1) is 14.7. The number of ether oxygens (including phenoxy) is 1. The van der Waals surface area contributed by atoms with Crippen LogP contribution in [-0.4, -0.2) is 45.6 Å². The topological polar surface area (TPSA) is 96.3 Å². The van der Waals surface area contributed by atoms with E-state index in [-0.39, 0.29) is 5.56 Å². The first-order valence-electron chi connectivity index (χ1n) is 9.53. The standard InChI is InChI=1S/C21H21N5O3S/c1-28-11-5-10-26(13-14-12-19(27)22-16-7-3-2-6-15(14)16)21(30)23-17-8-4-9-18-20(17)25-29-24-18/h2-4,6-9,12H,5,10-11,13H2,1H3,(H,22,27)(H,23,30). The van der Waals surface area contributed by atoms with Gasteiger partial charge in [0.15, 0.2) is 10.6 Å². The molecule has 4 aromatic rings. The fraction of sp³-hybridized carbons (Fsp3) is 0.238. The molecule has 0 atom stereocenters. The second-order valence-corrected chi connectivity index (χ2v) is 7.23. The summed E-state index contributed by atoms with van der Waals surface area (Å²) in [5, 5.41) is 12.6. The van der Waals surface area contributed by atoms with E-state index < -0.39 is 0 Å². The number of para-hydroxylation sites is 1. The predicted molar refractivity (Wildman–Crippen MR) is 119 cm³/mol. The van der Waals surface area contributed by atoms with Crippen LogP contribution in [0.5, 0.6) is 0 Å². The van der Waals surface area contributed by atoms with E-state index in [1.807, 2.05) is 47.4 Å². The molecule has 0 aliphatic rings. The minimum Gasteiger partial charge on any atom is -0.385 e. The Balaban J connectivity index is 1.62. The van der Waals surface area contributed by atoms with Crippen LogP contribution in [0.1, 0.15) is 12.0 Å². The molecule has 2 aromatic carbocycles. The minimum atomic E-state index is -0.141. The van der Waals surface area contributed by atoms with Gasteiger partial charge in [0.1, 0.15) is 5.52 Å². The molecule has 0 amide bonds. The number of hydrogen-bond donors (Lipinski definition) is 2. The van der Waals surface area contributed by atoms with Crippen molar-refractivity contribution in [3.8, 4) is 0 Å². The van der Waals surface area contributed by atoms with Crippen LogP contribution < -0.4 is 10.9 Å². The molecule has 0 spiro atoms. The molecule has 0 aliphatic heterocycles. The SMILES string of the molecule is COCCCN(Cc1cc(=O)[nH]c2ccccc12)C(=S)Nc1cccc2nonc12. The van der Waals surface area contributed by atoms with E-state index in [0.29, 0.717) is 41.5 Å². The van der Waals surface area contributed by atoms with E-state index in [4.69, 9.17) is 21.6 Å². The van der Waals surface area contributed by atoms with E-state index in [2.05, 4.69) is 20.6 Å². The van der Waals surface area contributed by atoms with Crippen molar-refractivity contribution in [1.82, 2.24) is 20.2 Å². The van der Waals surface area contributed by atoms with Gasteiger partial charge in [-0.3, -0.25) is 4.79 Å². The molecule has 0 saturated carbocycles. The second-order valence-electron chi connectivity index (χ2n) is 6.84. The molecule has 2 aromatic heterocycles. The summed E-state index contributed by atoms with van der Waals surface area (Å²) >= 11 is 5.71. The van der Waals surface area contributed by atoms with Gasteiger partial charge in [-0.1, -0.05) is 24.3 Å². The summed E-state index contributed by atoms with van der Waals surface area (Å²) in [5.41, 5.74) is 3.53. The predicted octanol–water partition coefficient (Wildman–Crippen LogP) is 3.30. The van der Waals surface area contributed by atoms with Gasteiger partial charge in [-0.15, -0.1) is 0 Å². The average Bonchev–Trinajstić information content (AvgIpc) is 3.23. The zero-order valence-electron chi connectivity index (χ0n) is 16.4. The fourth-order valence-corrected chi connectivity index (χ4v) is 3.63. The Morgan fingerprint density at radius 1 is 1.23 bits per heavy atom. The van der Waals surface area contributed by atoms with Gasteiger partial charge in [-0.25, -0.2) is 4.63 Å². The molecule has 0 aliphatic carbocycles. The molecule has 4 rings (SSSR count). The number of rotatable bonds is 7. The van der Waals surface area contributed by atoms with Gasteiger partial charge in [0.2, 0.25) is 5.56 Å². The van der Waals surface area contributed by atoms with E-state index in [1.165, 1.54) is 0 Å². The highest BCUT2D eigenvalue weighted by Gasteiger charge is 2.15. The summed E-state index contributed by atoms with van der Waals surface area (Å²) in [4.78, 5) is 17.0. The maximum absolute atomic E-state index is 12.2. The monoisotopic (exact) mass is 423 g/mol. The van der Waals surface area contributed by atoms with Gasteiger partial charge in [0, 0.05) is 43.8 Å². The van der Waals surface area contributed by atoms with Gasteiger partial charge in [0.25, 0.3) is 0 Å². The first kappa shape index (κ1) is 20.0. The maximum Gasteiger partial charge on any atom is 0.248 e. The van der Waals surface area contributed by atoms with Crippen LogP contribution in [0.3, 0.4) is 0 Å². The van der Waals surface area contributed by atoms with Gasteiger partial charge in [-0.05, 0) is 52.7 Å². The van der Waals surface area contributed by atoms with Crippen molar-refractivity contribution in [2.45, 2.75) is 13.0 Å². The van der Waals surface area contributed by atoms with E-state index in [0.717, 1.165) is 22.9 Å². The Hall–Kier alpha value is -3.30. The quantitative estimate of drug-likeness (QED) is 0.345. The normalized spacial score (nSPS) is 11.1. The van der Waals surface area contributed by atoms with Crippen LogP contribution in [0.15, 0.2) is 58.0 Å². The van der Waals surface area contributed by atoms with Crippen LogP contribution >= 0.6 is 12.2 Å². The fourth-order valence-electron chi connectivity index (χ4n) is 3.37. The van der Waals surface area contributed by atoms with Crippen molar-refractivity contribution in [2.24, 2.45) is 0 Å². The highest BCUT2D eigenvalue weighted by molar-refractivity contribution is 7.80. The number of nitrogens with zero attached hydrogens (tertiary/aromatic N) is 3. The molecule has 0 bridgehead atoms. The van der Waals surface area contributed by atoms with Gasteiger partial charge < -0.3 is 19.9 Å². The van der Waals surface area contributed by atoms with Crippen LogP contribution in [0.25, 0.3) is 21.9 Å². The van der Waals surface area contributed by atoms with E-state index in [1.54, 1.807) is 13.2 Å². The summed E-state index contributed by atoms with van der Waals surface area (Å²) in [7, 11) is 1.67. The summed E-state index contributed by atoms with van der Waals surface area (Å²) in [6.07, 6.45) is 0.787. The Morgan fingerprint density at radius 3 is 2.97 bits per heavy atom. The number of H-pyrrole nitrogens is 1. The molecule has 9 heteroatoms. The molecule has 0 radical (unpaired) electrons. The van der Waals surface area contributed by atoms with Crippen molar-refractivity contribution in [2.75, 3.05) is 25.6 Å². The van der Waals surface area contributed by atoms with Crippen molar-refractivity contribution in [1.29, 1.82) is 0 Å². The molecule has 154 valence electrons. The number of pyridine rings is 1. The number of thiocarbonyl (C=S) groups is 1. The Labute approximate surface area is 177 Å². The molecule has 2 N–H and O–H groups in total. The number of aromatic nitrogens is 3. The van der Waals surface area contributed by atoms with Crippen molar-refractivity contribution in [3.63, 3.8) is 0 Å². The summed E-state index contributed by atoms with van der Waals surface area (Å²) in [5.74, 6) is 0. The number of anilines is 1. The lowest BCUT2D eigenvalue weighted by molar-refractivity contribution is 0.185. The van der Waals surface area contributed by atoms with Crippen molar-refractivity contribution >= 4 is 45.0 Å². The largest absolute Gasteiger partial charge is 0.385 e. The molecule has 2 heterocycles. The summed E-state index contributed by atoms with van der Waals surface area (Å²) < 4.78 is 10.0. The van der Waals surface area contributed by atoms with Crippen LogP contribution in [0, 0.1) is 0 Å². The second kappa shape index (κ2) is 9.02. The van der Waals surface area contributed by atoms with Crippen molar-refractivity contribution < 1.29 is 9.37 Å². The first-order valence-corrected chi connectivity index (χ1v) is 9.93. The Kier molecular flexibility index (Phi) is 6.01. The molecule has 0 unspecified atom stereocenters. The number of fused-ring (bicyclic) bond motifs is 2. The molecule has 30 heavy (non-hydrogen) atoms. The van der Waals surface area contributed by atoms with Crippen LogP contribution in [0.2, 0.25) is 0 Å². The number of nitrogens with one attached hydrogen (secondary N) is 2. The summed E-state index contributed by atoms with van der Waals surface area (Å²) in [6.45, 7) is 1.75. The smallest absolute Gasteiger partial charge is 0.248 e. The third-order valence-corrected chi connectivity index (χ3v) is 5.15. The lowest BCUT2D eigenvalue weighted by atomic mass is 10.1. The minimum absolute atomic E-state index is 0.141. The number of methoxy groups -OCH3 is 1. The van der Waals surface area contributed by atoms with Crippen LogP contribution in [-0.2, 0) is 11.3 Å². The van der Waals surface area contributed by atoms with E-state index >= 15 is 0 Å². The average molecular weight is 423 g/mol. The van der Waals surface area contributed by atoms with Gasteiger partial charge in [0.05, 0.1) is 5.69 Å². The lowest BCUT2D eigenvalue weighted by Crippen LogP contribution is -2.36. The maximum atomic E-state index is 12.2. The zero-order valence-corrected chi connectivity index (χ0v) is 17.2. The third kappa shape index (κ3) is 4.32. The molecule has 0 saturated heterocycles.